The fraction of sp³-hybridized carbons (Fsp3) is 0.222. The molecular formula is C18H18ClNO4. The first-order valence-corrected chi connectivity index (χ1v) is 7.81. The van der Waals surface area contributed by atoms with Crippen molar-refractivity contribution in [2.45, 2.75) is 6.92 Å². The van der Waals surface area contributed by atoms with Crippen LogP contribution in [0.2, 0.25) is 5.02 Å². The summed E-state index contributed by atoms with van der Waals surface area (Å²) in [6.07, 6.45) is 0. The van der Waals surface area contributed by atoms with Crippen molar-refractivity contribution in [3.63, 3.8) is 0 Å². The van der Waals surface area contributed by atoms with Crippen molar-refractivity contribution in [2.24, 2.45) is 0 Å². The Hall–Kier alpha value is -2.53. The molecule has 0 aliphatic carbocycles. The number of aryl methyl sites for hydroxylation is 1. The van der Waals surface area contributed by atoms with Crippen molar-refractivity contribution in [3.8, 4) is 5.75 Å². The summed E-state index contributed by atoms with van der Waals surface area (Å²) in [5, 5.41) is 3.09. The van der Waals surface area contributed by atoms with Gasteiger partial charge in [-0.3, -0.25) is 9.59 Å². The van der Waals surface area contributed by atoms with Crippen LogP contribution in [-0.4, -0.2) is 31.6 Å². The minimum Gasteiger partial charge on any atom is -0.490 e. The molecule has 0 spiro atoms. The molecule has 5 nitrogen and oxygen atoms in total. The molecule has 0 bridgehead atoms. The number of amides is 1. The molecule has 126 valence electrons. The Morgan fingerprint density at radius 2 is 1.83 bits per heavy atom. The quantitative estimate of drug-likeness (QED) is 0.617. The zero-order valence-corrected chi connectivity index (χ0v) is 14.0. The molecule has 1 N–H and O–H groups in total. The topological polar surface area (TPSA) is 64.6 Å². The molecule has 2 aromatic rings. The smallest absolute Gasteiger partial charge is 0.325 e. The Kier molecular flexibility index (Phi) is 6.63. The van der Waals surface area contributed by atoms with Gasteiger partial charge < -0.3 is 14.8 Å². The maximum Gasteiger partial charge on any atom is 0.325 e. The van der Waals surface area contributed by atoms with Gasteiger partial charge in [-0.25, -0.2) is 0 Å². The summed E-state index contributed by atoms with van der Waals surface area (Å²) in [6.45, 7) is 2.04. The third-order valence-corrected chi connectivity index (χ3v) is 3.35. The molecule has 1 amide bonds. The van der Waals surface area contributed by atoms with Crippen LogP contribution in [0.25, 0.3) is 0 Å². The molecule has 2 aromatic carbocycles. The molecule has 0 radical (unpaired) electrons. The van der Waals surface area contributed by atoms with Gasteiger partial charge in [0, 0.05) is 10.6 Å². The van der Waals surface area contributed by atoms with E-state index in [-0.39, 0.29) is 25.7 Å². The monoisotopic (exact) mass is 347 g/mol. The average Bonchev–Trinajstić information content (AvgIpc) is 2.57. The van der Waals surface area contributed by atoms with Crippen molar-refractivity contribution in [3.05, 3.63) is 64.7 Å². The van der Waals surface area contributed by atoms with Crippen molar-refractivity contribution in [2.75, 3.05) is 19.8 Å². The molecule has 0 saturated heterocycles. The molecule has 6 heteroatoms. The van der Waals surface area contributed by atoms with E-state index in [2.05, 4.69) is 5.32 Å². The van der Waals surface area contributed by atoms with E-state index in [0.717, 1.165) is 5.56 Å². The first-order chi connectivity index (χ1) is 11.5. The lowest BCUT2D eigenvalue weighted by Gasteiger charge is -2.08. The normalized spacial score (nSPS) is 10.1. The molecule has 0 aliphatic rings. The Balaban J connectivity index is 1.64. The van der Waals surface area contributed by atoms with Gasteiger partial charge in [0.15, 0.2) is 0 Å². The van der Waals surface area contributed by atoms with E-state index >= 15 is 0 Å². The molecule has 0 aromatic heterocycles. The van der Waals surface area contributed by atoms with E-state index in [1.165, 1.54) is 0 Å². The van der Waals surface area contributed by atoms with Gasteiger partial charge in [0.05, 0.1) is 0 Å². The van der Waals surface area contributed by atoms with Gasteiger partial charge >= 0.3 is 5.97 Å². The summed E-state index contributed by atoms with van der Waals surface area (Å²) in [5.41, 5.74) is 1.56. The Labute approximate surface area is 145 Å². The van der Waals surface area contributed by atoms with Crippen molar-refractivity contribution in [1.29, 1.82) is 0 Å². The summed E-state index contributed by atoms with van der Waals surface area (Å²) in [4.78, 5) is 23.4. The summed E-state index contributed by atoms with van der Waals surface area (Å²) in [6, 6.07) is 14.0. The van der Waals surface area contributed by atoms with Gasteiger partial charge in [0.1, 0.15) is 25.5 Å². The Morgan fingerprint density at radius 3 is 2.54 bits per heavy atom. The van der Waals surface area contributed by atoms with Crippen LogP contribution in [-0.2, 0) is 9.53 Å². The molecule has 0 atom stereocenters. The standard InChI is InChI=1S/C18H18ClNO4/c1-13-5-7-14(8-6-13)18(22)20-12-17(21)24-10-9-23-16-4-2-3-15(19)11-16/h2-8,11H,9-10,12H2,1H3,(H,20,22). The van der Waals surface area contributed by atoms with Crippen LogP contribution >= 0.6 is 11.6 Å². The minimum atomic E-state index is -0.523. The number of benzene rings is 2. The highest BCUT2D eigenvalue weighted by Gasteiger charge is 2.08. The first kappa shape index (κ1) is 17.8. The number of esters is 1. The average molecular weight is 348 g/mol. The third-order valence-electron chi connectivity index (χ3n) is 3.12. The highest BCUT2D eigenvalue weighted by molar-refractivity contribution is 6.30. The summed E-state index contributed by atoms with van der Waals surface area (Å²) in [5.74, 6) is -0.237. The van der Waals surface area contributed by atoms with E-state index in [1.54, 1.807) is 36.4 Å². The zero-order chi connectivity index (χ0) is 17.4. The number of nitrogens with one attached hydrogen (secondary N) is 1. The van der Waals surface area contributed by atoms with E-state index < -0.39 is 5.97 Å². The van der Waals surface area contributed by atoms with Crippen molar-refractivity contribution in [1.82, 2.24) is 5.32 Å². The highest BCUT2D eigenvalue weighted by atomic mass is 35.5. The number of carbonyl (C=O) groups is 2. The number of halogens is 1. The summed E-state index contributed by atoms with van der Waals surface area (Å²) >= 11 is 5.83. The Morgan fingerprint density at radius 1 is 1.08 bits per heavy atom. The molecule has 0 heterocycles. The largest absolute Gasteiger partial charge is 0.490 e. The number of hydrogen-bond acceptors (Lipinski definition) is 4. The van der Waals surface area contributed by atoms with Crippen molar-refractivity contribution < 1.29 is 19.1 Å². The molecule has 24 heavy (non-hydrogen) atoms. The van der Waals surface area contributed by atoms with Crippen molar-refractivity contribution >= 4 is 23.5 Å². The maximum atomic E-state index is 11.9. The highest BCUT2D eigenvalue weighted by Crippen LogP contribution is 2.16. The molecule has 0 aliphatic heterocycles. The first-order valence-electron chi connectivity index (χ1n) is 7.43. The molecule has 0 unspecified atom stereocenters. The second-order valence-corrected chi connectivity index (χ2v) is 5.51. The number of rotatable bonds is 7. The van der Waals surface area contributed by atoms with Crippen LogP contribution in [0, 0.1) is 6.92 Å². The zero-order valence-electron chi connectivity index (χ0n) is 13.3. The van der Waals surface area contributed by atoms with Crippen LogP contribution in [0.4, 0.5) is 0 Å². The fourth-order valence-electron chi connectivity index (χ4n) is 1.88. The third kappa shape index (κ3) is 5.93. The van der Waals surface area contributed by atoms with Gasteiger partial charge in [-0.15, -0.1) is 0 Å². The van der Waals surface area contributed by atoms with Crippen LogP contribution in [0.5, 0.6) is 5.75 Å². The predicted octanol–water partition coefficient (Wildman–Crippen LogP) is 3.00. The van der Waals surface area contributed by atoms with Gasteiger partial charge in [-0.05, 0) is 37.3 Å². The van der Waals surface area contributed by atoms with Crippen LogP contribution < -0.4 is 10.1 Å². The summed E-state index contributed by atoms with van der Waals surface area (Å²) < 4.78 is 10.4. The van der Waals surface area contributed by atoms with E-state index in [4.69, 9.17) is 21.1 Å². The van der Waals surface area contributed by atoms with Gasteiger partial charge in [0.2, 0.25) is 0 Å². The maximum absolute atomic E-state index is 11.9. The van der Waals surface area contributed by atoms with Crippen LogP contribution in [0.15, 0.2) is 48.5 Å². The second kappa shape index (κ2) is 8.93. The van der Waals surface area contributed by atoms with E-state index in [1.807, 2.05) is 19.1 Å². The molecule has 0 fully saturated rings. The lowest BCUT2D eigenvalue weighted by atomic mass is 10.1. The van der Waals surface area contributed by atoms with Crippen LogP contribution in [0.1, 0.15) is 15.9 Å². The lowest BCUT2D eigenvalue weighted by Crippen LogP contribution is -2.31. The number of ether oxygens (including phenoxy) is 2. The number of hydrogen-bond donors (Lipinski definition) is 1. The van der Waals surface area contributed by atoms with E-state index in [9.17, 15) is 9.59 Å². The fourth-order valence-corrected chi connectivity index (χ4v) is 2.06. The molecular weight excluding hydrogens is 330 g/mol. The Bertz CT molecular complexity index is 700. The van der Waals surface area contributed by atoms with Crippen LogP contribution in [0.3, 0.4) is 0 Å². The molecule has 0 saturated carbocycles. The van der Waals surface area contributed by atoms with Gasteiger partial charge in [-0.2, -0.15) is 0 Å². The number of carbonyl (C=O) groups excluding carboxylic acids is 2. The molecule has 2 rings (SSSR count). The minimum absolute atomic E-state index is 0.0890. The van der Waals surface area contributed by atoms with E-state index in [0.29, 0.717) is 16.3 Å². The lowest BCUT2D eigenvalue weighted by molar-refractivity contribution is -0.143. The second-order valence-electron chi connectivity index (χ2n) is 5.08. The van der Waals surface area contributed by atoms with Gasteiger partial charge in [0.25, 0.3) is 5.91 Å². The van der Waals surface area contributed by atoms with Gasteiger partial charge in [-0.1, -0.05) is 35.4 Å². The SMILES string of the molecule is Cc1ccc(C(=O)NCC(=O)OCCOc2cccc(Cl)c2)cc1. The summed E-state index contributed by atoms with van der Waals surface area (Å²) in [7, 11) is 0. The predicted molar refractivity (Wildman–Crippen MR) is 91.4 cm³/mol.